The molecule has 3 aromatic rings. The van der Waals surface area contributed by atoms with Crippen LogP contribution >= 0.6 is 11.8 Å². The van der Waals surface area contributed by atoms with Gasteiger partial charge in [-0.3, -0.25) is 0 Å². The molecule has 0 fully saturated rings. The number of methoxy groups -OCH3 is 1. The summed E-state index contributed by atoms with van der Waals surface area (Å²) in [4.78, 5) is 7.90. The summed E-state index contributed by atoms with van der Waals surface area (Å²) in [5, 5.41) is 0.907. The zero-order valence-corrected chi connectivity index (χ0v) is 12.6. The lowest BCUT2D eigenvalue weighted by atomic mass is 10.1. The van der Waals surface area contributed by atoms with Crippen molar-refractivity contribution in [3.8, 4) is 5.75 Å². The average Bonchev–Trinajstić information content (AvgIpc) is 2.94. The van der Waals surface area contributed by atoms with E-state index in [1.54, 1.807) is 18.9 Å². The molecule has 21 heavy (non-hydrogen) atoms. The standard InChI is InChI=1S/C16H17N3OS/c1-20-13-6-7-14-15(8-13)19-16(18-14)21-10-12-5-3-2-4-11(12)9-17/h2-8H,9-10,17H2,1H3,(H,18,19). The maximum atomic E-state index is 5.77. The van der Waals surface area contributed by atoms with Crippen LogP contribution in [0.1, 0.15) is 11.1 Å². The summed E-state index contributed by atoms with van der Waals surface area (Å²) in [6, 6.07) is 14.1. The predicted octanol–water partition coefficient (Wildman–Crippen LogP) is 3.32. The minimum Gasteiger partial charge on any atom is -0.497 e. The van der Waals surface area contributed by atoms with Crippen LogP contribution < -0.4 is 10.5 Å². The van der Waals surface area contributed by atoms with E-state index in [0.29, 0.717) is 6.54 Å². The highest BCUT2D eigenvalue weighted by atomic mass is 32.2. The first-order valence-corrected chi connectivity index (χ1v) is 7.72. The molecule has 0 saturated heterocycles. The second-order valence-corrected chi connectivity index (χ2v) is 5.65. The maximum absolute atomic E-state index is 5.77. The lowest BCUT2D eigenvalue weighted by Gasteiger charge is -2.05. The fourth-order valence-electron chi connectivity index (χ4n) is 2.20. The van der Waals surface area contributed by atoms with Gasteiger partial charge in [-0.2, -0.15) is 0 Å². The fraction of sp³-hybridized carbons (Fsp3) is 0.188. The summed E-state index contributed by atoms with van der Waals surface area (Å²) in [5.41, 5.74) is 10.1. The maximum Gasteiger partial charge on any atom is 0.166 e. The van der Waals surface area contributed by atoms with Crippen molar-refractivity contribution in [2.75, 3.05) is 7.11 Å². The molecular weight excluding hydrogens is 282 g/mol. The van der Waals surface area contributed by atoms with Gasteiger partial charge in [0.1, 0.15) is 5.75 Å². The van der Waals surface area contributed by atoms with E-state index in [4.69, 9.17) is 10.5 Å². The third kappa shape index (κ3) is 3.04. The van der Waals surface area contributed by atoms with Crippen LogP contribution in [-0.2, 0) is 12.3 Å². The second-order valence-electron chi connectivity index (χ2n) is 4.69. The van der Waals surface area contributed by atoms with E-state index >= 15 is 0 Å². The number of aromatic nitrogens is 2. The van der Waals surface area contributed by atoms with E-state index in [9.17, 15) is 0 Å². The molecule has 5 heteroatoms. The molecule has 0 aliphatic heterocycles. The van der Waals surface area contributed by atoms with Crippen LogP contribution in [0.2, 0.25) is 0 Å². The molecule has 0 amide bonds. The molecule has 3 rings (SSSR count). The fourth-order valence-corrected chi connectivity index (χ4v) is 3.12. The minimum absolute atomic E-state index is 0.564. The Bertz CT molecular complexity index is 754. The molecule has 0 spiro atoms. The van der Waals surface area contributed by atoms with Gasteiger partial charge in [0.05, 0.1) is 18.1 Å². The highest BCUT2D eigenvalue weighted by molar-refractivity contribution is 7.98. The largest absolute Gasteiger partial charge is 0.497 e. The number of hydrogen-bond donors (Lipinski definition) is 2. The Hall–Kier alpha value is -1.98. The van der Waals surface area contributed by atoms with Gasteiger partial charge in [-0.05, 0) is 23.3 Å². The van der Waals surface area contributed by atoms with Crippen LogP contribution in [0.15, 0.2) is 47.6 Å². The number of H-pyrrole nitrogens is 1. The summed E-state index contributed by atoms with van der Waals surface area (Å²) < 4.78 is 5.22. The normalized spacial score (nSPS) is 11.0. The number of ether oxygens (including phenoxy) is 1. The Morgan fingerprint density at radius 1 is 1.19 bits per heavy atom. The van der Waals surface area contributed by atoms with Crippen molar-refractivity contribution in [1.29, 1.82) is 0 Å². The third-order valence-electron chi connectivity index (χ3n) is 3.37. The minimum atomic E-state index is 0.564. The van der Waals surface area contributed by atoms with Crippen molar-refractivity contribution in [3.63, 3.8) is 0 Å². The Labute approximate surface area is 127 Å². The Balaban J connectivity index is 1.79. The molecule has 0 radical (unpaired) electrons. The molecule has 1 aromatic heterocycles. The lowest BCUT2D eigenvalue weighted by molar-refractivity contribution is 0.415. The van der Waals surface area contributed by atoms with Gasteiger partial charge in [-0.15, -0.1) is 0 Å². The summed E-state index contributed by atoms with van der Waals surface area (Å²) in [6.07, 6.45) is 0. The van der Waals surface area contributed by atoms with E-state index in [1.807, 2.05) is 30.3 Å². The van der Waals surface area contributed by atoms with Gasteiger partial charge >= 0.3 is 0 Å². The van der Waals surface area contributed by atoms with Crippen LogP contribution in [-0.4, -0.2) is 17.1 Å². The molecule has 0 saturated carbocycles. The predicted molar refractivity (Wildman–Crippen MR) is 86.5 cm³/mol. The molecule has 108 valence electrons. The number of hydrogen-bond acceptors (Lipinski definition) is 4. The number of rotatable bonds is 5. The Morgan fingerprint density at radius 2 is 2.00 bits per heavy atom. The first-order chi connectivity index (χ1) is 10.3. The van der Waals surface area contributed by atoms with Crippen molar-refractivity contribution < 1.29 is 4.74 Å². The van der Waals surface area contributed by atoms with Crippen molar-refractivity contribution in [2.24, 2.45) is 5.73 Å². The third-order valence-corrected chi connectivity index (χ3v) is 4.29. The van der Waals surface area contributed by atoms with Gasteiger partial charge in [-0.25, -0.2) is 4.98 Å². The smallest absolute Gasteiger partial charge is 0.166 e. The molecule has 0 aliphatic rings. The lowest BCUT2D eigenvalue weighted by Crippen LogP contribution is -2.00. The van der Waals surface area contributed by atoms with Crippen molar-refractivity contribution in [3.05, 3.63) is 53.6 Å². The number of nitrogens with one attached hydrogen (secondary N) is 1. The summed E-state index contributed by atoms with van der Waals surface area (Å²) in [7, 11) is 1.66. The monoisotopic (exact) mass is 299 g/mol. The van der Waals surface area contributed by atoms with Gasteiger partial charge < -0.3 is 15.5 Å². The Kier molecular flexibility index (Phi) is 4.13. The quantitative estimate of drug-likeness (QED) is 0.709. The molecule has 0 aliphatic carbocycles. The van der Waals surface area contributed by atoms with E-state index in [0.717, 1.165) is 27.7 Å². The molecule has 1 heterocycles. The number of nitrogens with two attached hydrogens (primary N) is 1. The molecule has 2 aromatic carbocycles. The van der Waals surface area contributed by atoms with Crippen LogP contribution in [0.5, 0.6) is 5.75 Å². The summed E-state index contributed by atoms with van der Waals surface area (Å²) in [5.74, 6) is 1.68. The number of aromatic amines is 1. The SMILES string of the molecule is COc1ccc2nc(SCc3ccccc3CN)[nH]c2c1. The molecular formula is C16H17N3OS. The van der Waals surface area contributed by atoms with E-state index in [-0.39, 0.29) is 0 Å². The van der Waals surface area contributed by atoms with Crippen LogP contribution in [0, 0.1) is 0 Å². The van der Waals surface area contributed by atoms with Crippen molar-refractivity contribution in [1.82, 2.24) is 9.97 Å². The Morgan fingerprint density at radius 3 is 2.76 bits per heavy atom. The molecule has 0 atom stereocenters. The zero-order valence-electron chi connectivity index (χ0n) is 11.8. The van der Waals surface area contributed by atoms with E-state index < -0.39 is 0 Å². The number of nitrogens with zero attached hydrogens (tertiary/aromatic N) is 1. The topological polar surface area (TPSA) is 63.9 Å². The van der Waals surface area contributed by atoms with Gasteiger partial charge in [0, 0.05) is 18.4 Å². The first kappa shape index (κ1) is 14.0. The molecule has 0 bridgehead atoms. The number of thioether (sulfide) groups is 1. The summed E-state index contributed by atoms with van der Waals surface area (Å²) >= 11 is 1.68. The highest BCUT2D eigenvalue weighted by Gasteiger charge is 2.06. The van der Waals surface area contributed by atoms with Crippen molar-refractivity contribution >= 4 is 22.8 Å². The highest BCUT2D eigenvalue weighted by Crippen LogP contribution is 2.26. The van der Waals surface area contributed by atoms with Crippen LogP contribution in [0.25, 0.3) is 11.0 Å². The van der Waals surface area contributed by atoms with Gasteiger partial charge in [0.15, 0.2) is 5.16 Å². The zero-order chi connectivity index (χ0) is 14.7. The van der Waals surface area contributed by atoms with E-state index in [2.05, 4.69) is 22.1 Å². The van der Waals surface area contributed by atoms with Gasteiger partial charge in [0.2, 0.25) is 0 Å². The molecule has 4 nitrogen and oxygen atoms in total. The van der Waals surface area contributed by atoms with Gasteiger partial charge in [-0.1, -0.05) is 36.0 Å². The second kappa shape index (κ2) is 6.20. The first-order valence-electron chi connectivity index (χ1n) is 6.73. The number of imidazole rings is 1. The average molecular weight is 299 g/mol. The van der Waals surface area contributed by atoms with Gasteiger partial charge in [0.25, 0.3) is 0 Å². The van der Waals surface area contributed by atoms with E-state index in [1.165, 1.54) is 11.1 Å². The molecule has 0 unspecified atom stereocenters. The van der Waals surface area contributed by atoms with Crippen LogP contribution in [0.3, 0.4) is 0 Å². The number of benzene rings is 2. The van der Waals surface area contributed by atoms with Crippen molar-refractivity contribution in [2.45, 2.75) is 17.5 Å². The van der Waals surface area contributed by atoms with Crippen LogP contribution in [0.4, 0.5) is 0 Å². The summed E-state index contributed by atoms with van der Waals surface area (Å²) in [6.45, 7) is 0.564. The number of fused-ring (bicyclic) bond motifs is 1. The molecule has 3 N–H and O–H groups in total.